The summed E-state index contributed by atoms with van der Waals surface area (Å²) < 4.78 is 0. The fraction of sp³-hybridized carbons (Fsp3) is 0.650. The summed E-state index contributed by atoms with van der Waals surface area (Å²) in [6.07, 6.45) is 8.95. The van der Waals surface area contributed by atoms with E-state index < -0.39 is 0 Å². The van der Waals surface area contributed by atoms with Gasteiger partial charge in [0.15, 0.2) is 11.5 Å². The monoisotopic (exact) mass is 383 g/mol. The number of hydrogen-bond acceptors (Lipinski definition) is 6. The molecule has 1 atom stereocenters. The molecule has 2 aromatic rings. The molecule has 1 unspecified atom stereocenters. The van der Waals surface area contributed by atoms with Gasteiger partial charge in [-0.1, -0.05) is 0 Å². The van der Waals surface area contributed by atoms with Crippen molar-refractivity contribution in [1.29, 1.82) is 5.26 Å². The number of aromatic amines is 1. The molecule has 0 spiro atoms. The van der Waals surface area contributed by atoms with Crippen LogP contribution in [0.2, 0.25) is 0 Å². The average Bonchev–Trinajstić information content (AvgIpc) is 3.19. The number of anilines is 1. The number of imidazole rings is 1. The number of nitrogens with one attached hydrogen (secondary N) is 1. The van der Waals surface area contributed by atoms with E-state index in [2.05, 4.69) is 44.8 Å². The number of H-pyrrole nitrogens is 1. The summed E-state index contributed by atoms with van der Waals surface area (Å²) in [5.41, 5.74) is 1.41. The molecule has 1 N–H and O–H groups in total. The molecule has 1 aliphatic rings. The molecule has 2 aromatic heterocycles. The first kappa shape index (κ1) is 20.1. The summed E-state index contributed by atoms with van der Waals surface area (Å²) in [4.78, 5) is 32.9. The van der Waals surface area contributed by atoms with Crippen molar-refractivity contribution in [3.8, 4) is 6.07 Å². The number of fused-ring (bicyclic) bond motifs is 1. The number of rotatable bonds is 8. The molecule has 8 heteroatoms. The summed E-state index contributed by atoms with van der Waals surface area (Å²) in [6, 6.07) is 2.09. The minimum absolute atomic E-state index is 0.117. The molecule has 0 aliphatic carbocycles. The Labute approximate surface area is 166 Å². The summed E-state index contributed by atoms with van der Waals surface area (Å²) in [5, 5.41) is 8.80. The smallest absolute Gasteiger partial charge is 0.224 e. The number of nitrogens with zero attached hydrogens (tertiary/aromatic N) is 6. The number of hydrogen-bond donors (Lipinski definition) is 1. The quantitative estimate of drug-likeness (QED) is 0.752. The van der Waals surface area contributed by atoms with Gasteiger partial charge in [0, 0.05) is 38.0 Å². The van der Waals surface area contributed by atoms with Crippen LogP contribution < -0.4 is 4.90 Å². The molecule has 0 aromatic carbocycles. The molecule has 1 aliphatic heterocycles. The van der Waals surface area contributed by atoms with E-state index in [1.165, 1.54) is 0 Å². The number of carbonyl (C=O) groups excluding carboxylic acids is 1. The van der Waals surface area contributed by atoms with Crippen molar-refractivity contribution in [3.63, 3.8) is 0 Å². The van der Waals surface area contributed by atoms with Crippen molar-refractivity contribution in [2.24, 2.45) is 0 Å². The maximum absolute atomic E-state index is 12.6. The van der Waals surface area contributed by atoms with Crippen LogP contribution >= 0.6 is 0 Å². The van der Waals surface area contributed by atoms with Crippen molar-refractivity contribution in [3.05, 3.63) is 12.7 Å². The van der Waals surface area contributed by atoms with E-state index in [4.69, 9.17) is 5.26 Å². The highest BCUT2D eigenvalue weighted by molar-refractivity contribution is 5.82. The SMILES string of the molecule is CCN(CCCC1(C)CCCCN1C(=O)CCC#N)c1ncnc2nc[nH]c12. The van der Waals surface area contributed by atoms with Gasteiger partial charge < -0.3 is 14.8 Å². The Morgan fingerprint density at radius 3 is 3.04 bits per heavy atom. The second-order valence-corrected chi connectivity index (χ2v) is 7.64. The second kappa shape index (κ2) is 9.00. The number of likely N-dealkylation sites (tertiary alicyclic amines) is 1. The third-order valence-electron chi connectivity index (χ3n) is 5.78. The molecule has 1 saturated heterocycles. The standard InChI is InChI=1S/C20H29N7O/c1-3-26(19-17-18(23-14-22-17)24-15-25-19)12-7-10-20(2)9-4-5-13-27(20)16(28)8-6-11-21/h14-15H,3-10,12-13H2,1-2H3,(H,22,23,24,25). The van der Waals surface area contributed by atoms with Crippen LogP contribution in [0, 0.1) is 11.3 Å². The van der Waals surface area contributed by atoms with Gasteiger partial charge in [-0.25, -0.2) is 15.0 Å². The lowest BCUT2D eigenvalue weighted by Gasteiger charge is -2.45. The Balaban J connectivity index is 1.65. The van der Waals surface area contributed by atoms with E-state index >= 15 is 0 Å². The van der Waals surface area contributed by atoms with Crippen LogP contribution in [0.1, 0.15) is 58.8 Å². The summed E-state index contributed by atoms with van der Waals surface area (Å²) in [5.74, 6) is 0.992. The van der Waals surface area contributed by atoms with Crippen LogP contribution in [-0.4, -0.2) is 55.9 Å². The molecule has 3 heterocycles. The predicted molar refractivity (Wildman–Crippen MR) is 108 cm³/mol. The first-order chi connectivity index (χ1) is 13.6. The molecular weight excluding hydrogens is 354 g/mol. The first-order valence-electron chi connectivity index (χ1n) is 10.2. The number of nitriles is 1. The van der Waals surface area contributed by atoms with E-state index in [1.54, 1.807) is 12.7 Å². The van der Waals surface area contributed by atoms with Gasteiger partial charge in [-0.2, -0.15) is 5.26 Å². The molecule has 3 rings (SSSR count). The van der Waals surface area contributed by atoms with E-state index in [0.717, 1.165) is 63.1 Å². The van der Waals surface area contributed by atoms with Crippen molar-refractivity contribution in [2.45, 2.75) is 64.3 Å². The van der Waals surface area contributed by atoms with Crippen molar-refractivity contribution in [2.75, 3.05) is 24.5 Å². The van der Waals surface area contributed by atoms with Gasteiger partial charge in [0.1, 0.15) is 11.8 Å². The molecule has 1 fully saturated rings. The van der Waals surface area contributed by atoms with E-state index in [9.17, 15) is 4.79 Å². The second-order valence-electron chi connectivity index (χ2n) is 7.64. The Hall–Kier alpha value is -2.69. The molecule has 0 radical (unpaired) electrons. The Morgan fingerprint density at radius 1 is 1.39 bits per heavy atom. The number of aromatic nitrogens is 4. The molecule has 1 amide bonds. The average molecular weight is 384 g/mol. The zero-order valence-electron chi connectivity index (χ0n) is 16.8. The van der Waals surface area contributed by atoms with Gasteiger partial charge in [-0.15, -0.1) is 0 Å². The number of carbonyl (C=O) groups is 1. The summed E-state index contributed by atoms with van der Waals surface area (Å²) in [6.45, 7) is 6.82. The highest BCUT2D eigenvalue weighted by atomic mass is 16.2. The van der Waals surface area contributed by atoms with Gasteiger partial charge in [-0.3, -0.25) is 4.79 Å². The predicted octanol–water partition coefficient (Wildman–Crippen LogP) is 3.03. The third kappa shape index (κ3) is 4.24. The van der Waals surface area contributed by atoms with Crippen LogP contribution in [-0.2, 0) is 4.79 Å². The maximum atomic E-state index is 12.6. The van der Waals surface area contributed by atoms with Crippen LogP contribution in [0.4, 0.5) is 5.82 Å². The van der Waals surface area contributed by atoms with Crippen LogP contribution in [0.3, 0.4) is 0 Å². The van der Waals surface area contributed by atoms with E-state index in [1.807, 2.05) is 4.90 Å². The van der Waals surface area contributed by atoms with Gasteiger partial charge in [0.05, 0.1) is 12.4 Å². The highest BCUT2D eigenvalue weighted by Crippen LogP contribution is 2.33. The number of piperidine rings is 1. The van der Waals surface area contributed by atoms with Gasteiger partial charge in [0.2, 0.25) is 5.91 Å². The van der Waals surface area contributed by atoms with Gasteiger partial charge in [-0.05, 0) is 46.0 Å². The maximum Gasteiger partial charge on any atom is 0.224 e. The van der Waals surface area contributed by atoms with Crippen LogP contribution in [0.5, 0.6) is 0 Å². The van der Waals surface area contributed by atoms with Gasteiger partial charge in [0.25, 0.3) is 0 Å². The van der Waals surface area contributed by atoms with E-state index in [-0.39, 0.29) is 11.4 Å². The minimum Gasteiger partial charge on any atom is -0.355 e. The lowest BCUT2D eigenvalue weighted by Crippen LogP contribution is -2.52. The topological polar surface area (TPSA) is 102 Å². The van der Waals surface area contributed by atoms with Crippen molar-refractivity contribution >= 4 is 22.9 Å². The lowest BCUT2D eigenvalue weighted by atomic mass is 9.84. The molecule has 28 heavy (non-hydrogen) atoms. The zero-order chi connectivity index (χ0) is 20.0. The molecule has 0 saturated carbocycles. The fourth-order valence-corrected chi connectivity index (χ4v) is 4.22. The lowest BCUT2D eigenvalue weighted by molar-refractivity contribution is -0.139. The van der Waals surface area contributed by atoms with Gasteiger partial charge >= 0.3 is 0 Å². The van der Waals surface area contributed by atoms with Crippen molar-refractivity contribution in [1.82, 2.24) is 24.8 Å². The Kier molecular flexibility index (Phi) is 6.45. The highest BCUT2D eigenvalue weighted by Gasteiger charge is 2.36. The summed E-state index contributed by atoms with van der Waals surface area (Å²) in [7, 11) is 0. The minimum atomic E-state index is -0.126. The van der Waals surface area contributed by atoms with Crippen molar-refractivity contribution < 1.29 is 4.79 Å². The fourth-order valence-electron chi connectivity index (χ4n) is 4.22. The van der Waals surface area contributed by atoms with Crippen LogP contribution in [0.25, 0.3) is 11.2 Å². The Bertz CT molecular complexity index is 842. The zero-order valence-corrected chi connectivity index (χ0v) is 16.8. The molecular formula is C20H29N7O. The largest absolute Gasteiger partial charge is 0.355 e. The molecule has 8 nitrogen and oxygen atoms in total. The molecule has 0 bridgehead atoms. The normalized spacial score (nSPS) is 19.5. The van der Waals surface area contributed by atoms with Crippen LogP contribution in [0.15, 0.2) is 12.7 Å². The van der Waals surface area contributed by atoms with E-state index in [0.29, 0.717) is 18.5 Å². The third-order valence-corrected chi connectivity index (χ3v) is 5.78. The summed E-state index contributed by atoms with van der Waals surface area (Å²) >= 11 is 0. The first-order valence-corrected chi connectivity index (χ1v) is 10.2. The molecule has 150 valence electrons. The number of amides is 1. The Morgan fingerprint density at radius 2 is 2.25 bits per heavy atom.